The highest BCUT2D eigenvalue weighted by Gasteiger charge is 2.06. The van der Waals surface area contributed by atoms with E-state index in [2.05, 4.69) is 0 Å². The second-order valence-electron chi connectivity index (χ2n) is 4.64. The third kappa shape index (κ3) is 4.94. The summed E-state index contributed by atoms with van der Waals surface area (Å²) in [7, 11) is 0. The fourth-order valence-electron chi connectivity index (χ4n) is 1.76. The molecule has 2 N–H and O–H groups in total. The van der Waals surface area contributed by atoms with Crippen LogP contribution in [0.15, 0.2) is 42.5 Å². The van der Waals surface area contributed by atoms with Crippen molar-refractivity contribution in [3.8, 4) is 11.5 Å². The molecule has 0 aliphatic carbocycles. The van der Waals surface area contributed by atoms with Crippen molar-refractivity contribution in [3.05, 3.63) is 59.2 Å². The Morgan fingerprint density at radius 2 is 1.50 bits per heavy atom. The van der Waals surface area contributed by atoms with E-state index in [-0.39, 0.29) is 17.3 Å². The van der Waals surface area contributed by atoms with Gasteiger partial charge in [0.1, 0.15) is 17.1 Å². The molecule has 0 fully saturated rings. The van der Waals surface area contributed by atoms with Gasteiger partial charge in [-0.2, -0.15) is 0 Å². The smallest absolute Gasteiger partial charge is 0.339 e. The number of esters is 1. The molecular weight excluding hydrogens is 284 g/mol. The normalized spacial score (nSPS) is 9.41. The number of aromatic hydroxyl groups is 1. The van der Waals surface area contributed by atoms with Crippen LogP contribution in [0.2, 0.25) is 0 Å². The van der Waals surface area contributed by atoms with Crippen molar-refractivity contribution in [2.24, 2.45) is 0 Å². The molecule has 0 radical (unpaired) electrons. The zero-order chi connectivity index (χ0) is 16.7. The van der Waals surface area contributed by atoms with Crippen molar-refractivity contribution in [1.82, 2.24) is 0 Å². The molecule has 22 heavy (non-hydrogen) atoms. The molecule has 116 valence electrons. The number of para-hydroxylation sites is 2. The third-order valence-electron chi connectivity index (χ3n) is 2.79. The topological polar surface area (TPSA) is 83.8 Å². The Bertz CT molecular complexity index is 656. The lowest BCUT2D eigenvalue weighted by Crippen LogP contribution is -2.04. The fraction of sp³-hybridized carbons (Fsp3) is 0.176. The van der Waals surface area contributed by atoms with E-state index in [4.69, 9.17) is 14.9 Å². The SMILES string of the molecule is CC(=O)Oc1c(C)cccc1C.O=C(O)c1ccccc1O. The number of ether oxygens (including phenoxy) is 1. The molecular formula is C17H18O5. The molecule has 2 aromatic rings. The van der Waals surface area contributed by atoms with Crippen LogP contribution in [-0.2, 0) is 4.79 Å². The molecule has 2 rings (SSSR count). The average Bonchev–Trinajstić information content (AvgIpc) is 2.44. The van der Waals surface area contributed by atoms with Crippen LogP contribution in [0.3, 0.4) is 0 Å². The Morgan fingerprint density at radius 1 is 0.955 bits per heavy atom. The minimum Gasteiger partial charge on any atom is -0.507 e. The van der Waals surface area contributed by atoms with Gasteiger partial charge in [-0.1, -0.05) is 30.3 Å². The molecule has 0 saturated heterocycles. The maximum absolute atomic E-state index is 10.7. The summed E-state index contributed by atoms with van der Waals surface area (Å²) in [4.78, 5) is 21.0. The van der Waals surface area contributed by atoms with Crippen LogP contribution >= 0.6 is 0 Å². The highest BCUT2D eigenvalue weighted by molar-refractivity contribution is 5.90. The first kappa shape index (κ1) is 17.2. The Balaban J connectivity index is 0.000000224. The molecule has 5 heteroatoms. The largest absolute Gasteiger partial charge is 0.507 e. The lowest BCUT2D eigenvalue weighted by atomic mass is 10.1. The summed E-state index contributed by atoms with van der Waals surface area (Å²) in [6.07, 6.45) is 0. The number of carbonyl (C=O) groups excluding carboxylic acids is 1. The highest BCUT2D eigenvalue weighted by Crippen LogP contribution is 2.22. The number of carboxylic acid groups (broad SMARTS) is 1. The first-order valence-electron chi connectivity index (χ1n) is 6.59. The molecule has 0 unspecified atom stereocenters. The molecule has 0 heterocycles. The lowest BCUT2D eigenvalue weighted by molar-refractivity contribution is -0.131. The van der Waals surface area contributed by atoms with Gasteiger partial charge in [0.05, 0.1) is 0 Å². The van der Waals surface area contributed by atoms with E-state index in [9.17, 15) is 9.59 Å². The Hall–Kier alpha value is -2.82. The van der Waals surface area contributed by atoms with Crippen molar-refractivity contribution in [3.63, 3.8) is 0 Å². The van der Waals surface area contributed by atoms with Gasteiger partial charge in [-0.25, -0.2) is 4.79 Å². The highest BCUT2D eigenvalue weighted by atomic mass is 16.5. The molecule has 0 atom stereocenters. The first-order chi connectivity index (χ1) is 10.3. The van der Waals surface area contributed by atoms with Crippen LogP contribution in [0.1, 0.15) is 28.4 Å². The number of aromatic carboxylic acids is 1. The van der Waals surface area contributed by atoms with E-state index < -0.39 is 5.97 Å². The molecule has 0 aliphatic heterocycles. The number of hydrogen-bond donors (Lipinski definition) is 2. The van der Waals surface area contributed by atoms with E-state index in [1.807, 2.05) is 32.0 Å². The zero-order valence-electron chi connectivity index (χ0n) is 12.7. The minimum atomic E-state index is -1.11. The monoisotopic (exact) mass is 302 g/mol. The number of hydrogen-bond acceptors (Lipinski definition) is 4. The van der Waals surface area contributed by atoms with E-state index in [0.29, 0.717) is 5.75 Å². The van der Waals surface area contributed by atoms with Crippen molar-refractivity contribution < 1.29 is 24.5 Å². The molecule has 0 aromatic heterocycles. The third-order valence-corrected chi connectivity index (χ3v) is 2.79. The molecule has 0 saturated carbocycles. The van der Waals surface area contributed by atoms with Crippen LogP contribution < -0.4 is 4.74 Å². The van der Waals surface area contributed by atoms with Crippen LogP contribution in [0, 0.1) is 13.8 Å². The standard InChI is InChI=1S/C10H12O2.C7H6O3/c1-7-5-4-6-8(2)10(7)12-9(3)11;8-6-4-2-1-3-5(6)7(9)10/h4-6H,1-3H3;1-4,8H,(H,9,10). The van der Waals surface area contributed by atoms with Gasteiger partial charge in [0.15, 0.2) is 0 Å². The zero-order valence-corrected chi connectivity index (χ0v) is 12.7. The van der Waals surface area contributed by atoms with Gasteiger partial charge < -0.3 is 14.9 Å². The minimum absolute atomic E-state index is 0.0671. The fourth-order valence-corrected chi connectivity index (χ4v) is 1.76. The summed E-state index contributed by atoms with van der Waals surface area (Å²) >= 11 is 0. The summed E-state index contributed by atoms with van der Waals surface area (Å²) in [5, 5.41) is 17.3. The maximum Gasteiger partial charge on any atom is 0.339 e. The van der Waals surface area contributed by atoms with Crippen LogP contribution in [0.4, 0.5) is 0 Å². The average molecular weight is 302 g/mol. The second-order valence-corrected chi connectivity index (χ2v) is 4.64. The van der Waals surface area contributed by atoms with E-state index in [1.54, 1.807) is 12.1 Å². The molecule has 0 spiro atoms. The molecule has 5 nitrogen and oxygen atoms in total. The molecule has 0 bridgehead atoms. The van der Waals surface area contributed by atoms with Gasteiger partial charge in [-0.15, -0.1) is 0 Å². The lowest BCUT2D eigenvalue weighted by Gasteiger charge is -2.07. The van der Waals surface area contributed by atoms with Crippen molar-refractivity contribution in [2.75, 3.05) is 0 Å². The van der Waals surface area contributed by atoms with Crippen molar-refractivity contribution in [1.29, 1.82) is 0 Å². The van der Waals surface area contributed by atoms with E-state index in [0.717, 1.165) is 11.1 Å². The molecule has 0 amide bonds. The first-order valence-corrected chi connectivity index (χ1v) is 6.59. The van der Waals surface area contributed by atoms with E-state index >= 15 is 0 Å². The Labute approximate surface area is 128 Å². The number of benzene rings is 2. The van der Waals surface area contributed by atoms with Gasteiger partial charge in [0.2, 0.25) is 0 Å². The predicted molar refractivity (Wildman–Crippen MR) is 82.3 cm³/mol. The van der Waals surface area contributed by atoms with Crippen molar-refractivity contribution in [2.45, 2.75) is 20.8 Å². The van der Waals surface area contributed by atoms with E-state index in [1.165, 1.54) is 19.1 Å². The van der Waals surface area contributed by atoms with Gasteiger partial charge in [0, 0.05) is 6.92 Å². The second kappa shape index (κ2) is 7.83. The van der Waals surface area contributed by atoms with Gasteiger partial charge >= 0.3 is 11.9 Å². The number of rotatable bonds is 2. The summed E-state index contributed by atoms with van der Waals surface area (Å²) < 4.78 is 5.04. The summed E-state index contributed by atoms with van der Waals surface area (Å²) in [6.45, 7) is 5.25. The van der Waals surface area contributed by atoms with Crippen molar-refractivity contribution >= 4 is 11.9 Å². The predicted octanol–water partition coefficient (Wildman–Crippen LogP) is 3.32. The van der Waals surface area contributed by atoms with Crippen LogP contribution in [-0.4, -0.2) is 22.2 Å². The number of carbonyl (C=O) groups is 2. The van der Waals surface area contributed by atoms with Crippen LogP contribution in [0.5, 0.6) is 11.5 Å². The summed E-state index contributed by atoms with van der Waals surface area (Å²) in [6, 6.07) is 11.6. The number of carboxylic acids is 1. The Kier molecular flexibility index (Phi) is 6.13. The summed E-state index contributed by atoms with van der Waals surface area (Å²) in [5.41, 5.74) is 1.91. The quantitative estimate of drug-likeness (QED) is 0.656. The van der Waals surface area contributed by atoms with Gasteiger partial charge in [-0.3, -0.25) is 4.79 Å². The summed E-state index contributed by atoms with van der Waals surface area (Å²) in [5.74, 6) is -0.898. The number of phenols is 1. The Morgan fingerprint density at radius 3 is 1.91 bits per heavy atom. The number of aryl methyl sites for hydroxylation is 2. The van der Waals surface area contributed by atoms with Gasteiger partial charge in [-0.05, 0) is 37.1 Å². The molecule has 0 aliphatic rings. The van der Waals surface area contributed by atoms with Gasteiger partial charge in [0.25, 0.3) is 0 Å². The maximum atomic E-state index is 10.7. The van der Waals surface area contributed by atoms with Crippen LogP contribution in [0.25, 0.3) is 0 Å². The molecule has 2 aromatic carbocycles.